The maximum absolute atomic E-state index is 12.7. The molecule has 0 spiro atoms. The zero-order valence-corrected chi connectivity index (χ0v) is 24.0. The first kappa shape index (κ1) is 36.9. The van der Waals surface area contributed by atoms with Crippen molar-refractivity contribution in [3.8, 4) is 0 Å². The smallest absolute Gasteiger partial charge is 0.317 e. The second-order valence-electron chi connectivity index (χ2n) is 10.1. The minimum atomic E-state index is -1.00. The van der Waals surface area contributed by atoms with Crippen molar-refractivity contribution in [1.82, 2.24) is 24.9 Å². The van der Waals surface area contributed by atoms with E-state index in [0.717, 1.165) is 12.8 Å². The first-order chi connectivity index (χ1) is 18.0. The molecular weight excluding hydrogens is 562 g/mol. The molecule has 39 heavy (non-hydrogen) atoms. The van der Waals surface area contributed by atoms with Crippen LogP contribution in [0.25, 0.3) is 0 Å². The van der Waals surface area contributed by atoms with Gasteiger partial charge in [-0.15, -0.1) is 0 Å². The van der Waals surface area contributed by atoms with E-state index in [4.69, 9.17) is 0 Å². The van der Waals surface area contributed by atoms with Crippen LogP contribution < -0.4 is 5.32 Å². The van der Waals surface area contributed by atoms with Gasteiger partial charge in [-0.1, -0.05) is 20.3 Å². The number of Topliss-reactive ketones (excluding diaryl/α,β-unsaturated/α-hetero) is 1. The van der Waals surface area contributed by atoms with Crippen molar-refractivity contribution >= 4 is 29.6 Å². The predicted octanol–water partition coefficient (Wildman–Crippen LogP) is -0.639. The van der Waals surface area contributed by atoms with E-state index in [1.165, 1.54) is 0 Å². The van der Waals surface area contributed by atoms with Crippen LogP contribution in [-0.2, 0) is 41.0 Å². The number of carboxylic acid groups (broad SMARTS) is 3. The quantitative estimate of drug-likeness (QED) is 0.137. The summed E-state index contributed by atoms with van der Waals surface area (Å²) in [6.07, 6.45) is 2.72. The molecule has 0 bridgehead atoms. The fourth-order valence-corrected chi connectivity index (χ4v) is 4.15. The molecule has 1 aliphatic rings. The third-order valence-electron chi connectivity index (χ3n) is 6.36. The molecule has 13 nitrogen and oxygen atoms in total. The molecule has 0 atom stereocenters. The van der Waals surface area contributed by atoms with Gasteiger partial charge in [0.1, 0.15) is 5.78 Å². The number of nitrogens with zero attached hydrogens (tertiary/aromatic N) is 4. The van der Waals surface area contributed by atoms with Gasteiger partial charge in [-0.05, 0) is 12.8 Å². The summed E-state index contributed by atoms with van der Waals surface area (Å²) >= 11 is 0. The standard InChI is InChI=1S/C25H45N5O8.Cu/c1-20(2)25(38)26-7-5-3-4-6-21(31)16-27-8-10-28(17-22(32)33)12-14-30(19-24(36)37)15-13-29(11-9-27)18-23(34)35;/h20H,3-19H2,1-2H3,(H,26,38)(H,32,33)(H,34,35)(H,36,37);. The molecule has 1 radical (unpaired) electrons. The van der Waals surface area contributed by atoms with Crippen LogP contribution in [0.2, 0.25) is 0 Å². The van der Waals surface area contributed by atoms with Crippen LogP contribution in [0.3, 0.4) is 0 Å². The molecule has 14 heteroatoms. The van der Waals surface area contributed by atoms with Gasteiger partial charge in [0, 0.05) is 88.3 Å². The van der Waals surface area contributed by atoms with Gasteiger partial charge in [0.15, 0.2) is 0 Å². The summed E-state index contributed by atoms with van der Waals surface area (Å²) in [5.74, 6) is -2.96. The molecule has 0 saturated carbocycles. The summed E-state index contributed by atoms with van der Waals surface area (Å²) in [7, 11) is 0. The Morgan fingerprint density at radius 3 is 1.31 bits per heavy atom. The second kappa shape index (κ2) is 20.8. The predicted molar refractivity (Wildman–Crippen MR) is 140 cm³/mol. The first-order valence-electron chi connectivity index (χ1n) is 13.3. The fourth-order valence-electron chi connectivity index (χ4n) is 4.15. The Morgan fingerprint density at radius 2 is 0.974 bits per heavy atom. The van der Waals surface area contributed by atoms with Crippen LogP contribution in [0.1, 0.15) is 39.5 Å². The normalized spacial score (nSPS) is 17.0. The van der Waals surface area contributed by atoms with Crippen molar-refractivity contribution in [2.45, 2.75) is 39.5 Å². The van der Waals surface area contributed by atoms with Gasteiger partial charge in [0.25, 0.3) is 0 Å². The number of unbranched alkanes of at least 4 members (excludes halogenated alkanes) is 2. The average molecular weight is 607 g/mol. The average Bonchev–Trinajstić information content (AvgIpc) is 2.81. The Labute approximate surface area is 241 Å². The van der Waals surface area contributed by atoms with Gasteiger partial charge in [-0.3, -0.25) is 43.6 Å². The summed E-state index contributed by atoms with van der Waals surface area (Å²) in [6.45, 7) is 6.81. The summed E-state index contributed by atoms with van der Waals surface area (Å²) in [5.41, 5.74) is 0. The maximum atomic E-state index is 12.7. The zero-order chi connectivity index (χ0) is 28.5. The topological polar surface area (TPSA) is 171 Å². The van der Waals surface area contributed by atoms with E-state index < -0.39 is 17.9 Å². The molecule has 1 heterocycles. The number of aliphatic carboxylic acids is 3. The van der Waals surface area contributed by atoms with Gasteiger partial charge < -0.3 is 20.6 Å². The van der Waals surface area contributed by atoms with Crippen molar-refractivity contribution < 1.29 is 56.4 Å². The molecule has 0 unspecified atom stereocenters. The third-order valence-corrected chi connectivity index (χ3v) is 6.36. The van der Waals surface area contributed by atoms with Gasteiger partial charge >= 0.3 is 17.9 Å². The van der Waals surface area contributed by atoms with Crippen LogP contribution in [0.15, 0.2) is 0 Å². The zero-order valence-electron chi connectivity index (χ0n) is 23.1. The number of carboxylic acids is 3. The van der Waals surface area contributed by atoms with Gasteiger partial charge in [0.05, 0.1) is 26.2 Å². The van der Waals surface area contributed by atoms with Crippen LogP contribution in [-0.4, -0.2) is 150 Å². The molecule has 0 aromatic heterocycles. The largest absolute Gasteiger partial charge is 0.480 e. The molecule has 1 rings (SSSR count). The molecule has 1 aliphatic heterocycles. The van der Waals surface area contributed by atoms with Crippen molar-refractivity contribution in [3.05, 3.63) is 0 Å². The Bertz CT molecular complexity index is 754. The van der Waals surface area contributed by atoms with E-state index in [2.05, 4.69) is 5.32 Å². The maximum Gasteiger partial charge on any atom is 0.317 e. The molecular formula is C25H45CuN5O8. The Balaban J connectivity index is 0.0000144. The van der Waals surface area contributed by atoms with Gasteiger partial charge in [-0.25, -0.2) is 0 Å². The van der Waals surface area contributed by atoms with E-state index in [9.17, 15) is 39.3 Å². The minimum absolute atomic E-state index is 0. The molecule has 229 valence electrons. The monoisotopic (exact) mass is 606 g/mol. The second-order valence-corrected chi connectivity index (χ2v) is 10.1. The van der Waals surface area contributed by atoms with Crippen LogP contribution in [0, 0.1) is 5.92 Å². The number of amides is 1. The number of carbonyl (C=O) groups is 5. The number of hydrogen-bond donors (Lipinski definition) is 4. The summed E-state index contributed by atoms with van der Waals surface area (Å²) < 4.78 is 0. The van der Waals surface area contributed by atoms with Crippen LogP contribution in [0.4, 0.5) is 0 Å². The molecule has 0 aliphatic carbocycles. The molecule has 1 saturated heterocycles. The van der Waals surface area contributed by atoms with E-state index in [-0.39, 0.29) is 60.9 Å². The summed E-state index contributed by atoms with van der Waals surface area (Å²) in [6, 6.07) is 0. The van der Waals surface area contributed by atoms with Crippen molar-refractivity contribution in [1.29, 1.82) is 0 Å². The third kappa shape index (κ3) is 18.8. The molecule has 0 aromatic carbocycles. The van der Waals surface area contributed by atoms with Crippen LogP contribution >= 0.6 is 0 Å². The Morgan fingerprint density at radius 1 is 0.615 bits per heavy atom. The Hall–Kier alpha value is -2.09. The van der Waals surface area contributed by atoms with E-state index in [0.29, 0.717) is 71.7 Å². The molecule has 1 amide bonds. The molecule has 4 N–H and O–H groups in total. The number of hydrogen-bond acceptors (Lipinski definition) is 9. The molecule has 0 aromatic rings. The summed E-state index contributed by atoms with van der Waals surface area (Å²) in [4.78, 5) is 65.4. The first-order valence-corrected chi connectivity index (χ1v) is 13.3. The van der Waals surface area contributed by atoms with Crippen LogP contribution in [0.5, 0.6) is 0 Å². The van der Waals surface area contributed by atoms with Crippen molar-refractivity contribution in [3.63, 3.8) is 0 Å². The van der Waals surface area contributed by atoms with Crippen molar-refractivity contribution in [2.24, 2.45) is 5.92 Å². The number of rotatable bonds is 15. The number of carbonyl (C=O) groups excluding carboxylic acids is 2. The van der Waals surface area contributed by atoms with E-state index >= 15 is 0 Å². The summed E-state index contributed by atoms with van der Waals surface area (Å²) in [5, 5.41) is 30.7. The SMILES string of the molecule is CC(C)C(=O)NCCCCCC(=O)CN1CCN(CC(=O)O)CCN(CC(=O)O)CCN(CC(=O)O)CC1.[Cu]. The number of nitrogens with one attached hydrogen (secondary N) is 1. The van der Waals surface area contributed by atoms with Gasteiger partial charge in [0.2, 0.25) is 5.91 Å². The molecule has 1 fully saturated rings. The van der Waals surface area contributed by atoms with Gasteiger partial charge in [-0.2, -0.15) is 0 Å². The van der Waals surface area contributed by atoms with Crippen molar-refractivity contribution in [2.75, 3.05) is 85.1 Å². The minimum Gasteiger partial charge on any atom is -0.480 e. The fraction of sp³-hybridized carbons (Fsp3) is 0.800. The van der Waals surface area contributed by atoms with E-state index in [1.807, 2.05) is 18.7 Å². The Kier molecular flexibility index (Phi) is 19.7. The number of ketones is 1. The van der Waals surface area contributed by atoms with E-state index in [1.54, 1.807) is 14.7 Å².